The van der Waals surface area contributed by atoms with Crippen LogP contribution in [-0.2, 0) is 10.3 Å². The van der Waals surface area contributed by atoms with Crippen molar-refractivity contribution in [3.05, 3.63) is 59.1 Å². The number of rotatable bonds is 4. The van der Waals surface area contributed by atoms with Crippen LogP contribution < -0.4 is 16.0 Å². The van der Waals surface area contributed by atoms with Crippen LogP contribution in [0.4, 0.5) is 16.2 Å². The van der Waals surface area contributed by atoms with Gasteiger partial charge in [0.2, 0.25) is 5.91 Å². The highest BCUT2D eigenvalue weighted by Crippen LogP contribution is 2.45. The van der Waals surface area contributed by atoms with E-state index in [9.17, 15) is 9.59 Å². The average Bonchev–Trinajstić information content (AvgIpc) is 3.30. The second-order valence-corrected chi connectivity index (χ2v) is 6.36. The molecule has 1 aliphatic carbocycles. The Morgan fingerprint density at radius 1 is 0.917 bits per heavy atom. The summed E-state index contributed by atoms with van der Waals surface area (Å²) in [6.45, 7) is 1.45. The highest BCUT2D eigenvalue weighted by atomic mass is 35.5. The van der Waals surface area contributed by atoms with E-state index in [-0.39, 0.29) is 17.5 Å². The highest BCUT2D eigenvalue weighted by molar-refractivity contribution is 6.30. The largest absolute Gasteiger partial charge is 0.328 e. The van der Waals surface area contributed by atoms with E-state index in [1.165, 1.54) is 6.92 Å². The van der Waals surface area contributed by atoms with Gasteiger partial charge in [-0.15, -0.1) is 0 Å². The van der Waals surface area contributed by atoms with Gasteiger partial charge in [0.25, 0.3) is 0 Å². The molecule has 0 heterocycles. The minimum Gasteiger partial charge on any atom is -0.328 e. The highest BCUT2D eigenvalue weighted by Gasteiger charge is 2.45. The summed E-state index contributed by atoms with van der Waals surface area (Å²) < 4.78 is 0. The summed E-state index contributed by atoms with van der Waals surface area (Å²) in [6, 6.07) is 14.3. The topological polar surface area (TPSA) is 70.2 Å². The molecule has 3 amide bonds. The molecule has 0 saturated heterocycles. The number of hydrogen-bond acceptors (Lipinski definition) is 2. The zero-order valence-corrected chi connectivity index (χ0v) is 14.0. The Bertz CT molecular complexity index is 753. The van der Waals surface area contributed by atoms with Crippen LogP contribution in [0.3, 0.4) is 0 Å². The SMILES string of the molecule is CC(=O)Nc1ccc(NC(=O)NC2(c3ccc(Cl)cc3)CC2)cc1. The van der Waals surface area contributed by atoms with Crippen LogP contribution in [0.5, 0.6) is 0 Å². The molecule has 0 spiro atoms. The molecule has 6 heteroatoms. The van der Waals surface area contributed by atoms with Gasteiger partial charge in [0.15, 0.2) is 0 Å². The Kier molecular flexibility index (Phi) is 4.44. The molecular weight excluding hydrogens is 326 g/mol. The second kappa shape index (κ2) is 6.53. The first-order chi connectivity index (χ1) is 11.5. The fourth-order valence-electron chi connectivity index (χ4n) is 2.60. The van der Waals surface area contributed by atoms with Gasteiger partial charge in [-0.3, -0.25) is 4.79 Å². The Hall–Kier alpha value is -2.53. The lowest BCUT2D eigenvalue weighted by Crippen LogP contribution is -2.38. The van der Waals surface area contributed by atoms with Crippen molar-refractivity contribution in [3.63, 3.8) is 0 Å². The van der Waals surface area contributed by atoms with Gasteiger partial charge in [-0.05, 0) is 54.8 Å². The molecular formula is C18H18ClN3O2. The first-order valence-corrected chi connectivity index (χ1v) is 8.08. The van der Waals surface area contributed by atoms with Gasteiger partial charge in [0.05, 0.1) is 5.54 Å². The van der Waals surface area contributed by atoms with Crippen LogP contribution >= 0.6 is 11.6 Å². The van der Waals surface area contributed by atoms with Crippen molar-refractivity contribution in [2.24, 2.45) is 0 Å². The number of nitrogens with one attached hydrogen (secondary N) is 3. The van der Waals surface area contributed by atoms with Crippen LogP contribution in [0, 0.1) is 0 Å². The number of halogens is 1. The molecule has 5 nitrogen and oxygen atoms in total. The van der Waals surface area contributed by atoms with Crippen molar-refractivity contribution in [2.75, 3.05) is 10.6 Å². The zero-order chi connectivity index (χ0) is 17.2. The number of carbonyl (C=O) groups excluding carboxylic acids is 2. The molecule has 0 atom stereocenters. The van der Waals surface area contributed by atoms with Crippen molar-refractivity contribution in [3.8, 4) is 0 Å². The summed E-state index contributed by atoms with van der Waals surface area (Å²) in [6.07, 6.45) is 1.81. The molecule has 0 aliphatic heterocycles. The molecule has 2 aromatic carbocycles. The number of amides is 3. The van der Waals surface area contributed by atoms with E-state index in [2.05, 4.69) is 16.0 Å². The smallest absolute Gasteiger partial charge is 0.319 e. The molecule has 1 saturated carbocycles. The number of carbonyl (C=O) groups is 2. The minimum absolute atomic E-state index is 0.132. The van der Waals surface area contributed by atoms with Crippen molar-refractivity contribution in [1.29, 1.82) is 0 Å². The summed E-state index contributed by atoms with van der Waals surface area (Å²) in [5, 5.41) is 9.21. The van der Waals surface area contributed by atoms with E-state index in [1.807, 2.05) is 24.3 Å². The fourth-order valence-corrected chi connectivity index (χ4v) is 2.73. The molecule has 0 bridgehead atoms. The first kappa shape index (κ1) is 16.3. The molecule has 1 aliphatic rings. The van der Waals surface area contributed by atoms with E-state index < -0.39 is 0 Å². The van der Waals surface area contributed by atoms with Gasteiger partial charge in [0.1, 0.15) is 0 Å². The third-order valence-corrected chi connectivity index (χ3v) is 4.21. The predicted molar refractivity (Wildman–Crippen MR) is 95.3 cm³/mol. The number of urea groups is 1. The summed E-state index contributed by atoms with van der Waals surface area (Å²) in [5.41, 5.74) is 2.11. The van der Waals surface area contributed by atoms with Crippen LogP contribution in [0.15, 0.2) is 48.5 Å². The van der Waals surface area contributed by atoms with Crippen molar-refractivity contribution in [1.82, 2.24) is 5.32 Å². The molecule has 3 N–H and O–H groups in total. The van der Waals surface area contributed by atoms with Crippen LogP contribution in [0.2, 0.25) is 5.02 Å². The van der Waals surface area contributed by atoms with Crippen LogP contribution in [-0.4, -0.2) is 11.9 Å². The summed E-state index contributed by atoms with van der Waals surface area (Å²) >= 11 is 5.91. The zero-order valence-electron chi connectivity index (χ0n) is 13.2. The molecule has 0 radical (unpaired) electrons. The molecule has 124 valence electrons. The quantitative estimate of drug-likeness (QED) is 0.781. The Labute approximate surface area is 145 Å². The number of hydrogen-bond donors (Lipinski definition) is 3. The van der Waals surface area contributed by atoms with E-state index in [0.29, 0.717) is 16.4 Å². The maximum Gasteiger partial charge on any atom is 0.319 e. The van der Waals surface area contributed by atoms with Gasteiger partial charge in [-0.1, -0.05) is 23.7 Å². The lowest BCUT2D eigenvalue weighted by molar-refractivity contribution is -0.114. The first-order valence-electron chi connectivity index (χ1n) is 7.70. The third kappa shape index (κ3) is 3.86. The predicted octanol–water partition coefficient (Wildman–Crippen LogP) is 4.11. The van der Waals surface area contributed by atoms with E-state index in [0.717, 1.165) is 18.4 Å². The lowest BCUT2D eigenvalue weighted by atomic mass is 10.1. The molecule has 3 rings (SSSR count). The van der Waals surface area contributed by atoms with Gasteiger partial charge >= 0.3 is 6.03 Å². The Morgan fingerprint density at radius 2 is 1.46 bits per heavy atom. The molecule has 2 aromatic rings. The minimum atomic E-state index is -0.301. The van der Waals surface area contributed by atoms with Crippen molar-refractivity contribution < 1.29 is 9.59 Å². The van der Waals surface area contributed by atoms with Gasteiger partial charge in [-0.2, -0.15) is 0 Å². The fraction of sp³-hybridized carbons (Fsp3) is 0.222. The van der Waals surface area contributed by atoms with E-state index >= 15 is 0 Å². The second-order valence-electron chi connectivity index (χ2n) is 5.93. The average molecular weight is 344 g/mol. The van der Waals surface area contributed by atoms with Gasteiger partial charge in [0, 0.05) is 23.3 Å². The maximum absolute atomic E-state index is 12.3. The third-order valence-electron chi connectivity index (χ3n) is 3.96. The summed E-state index contributed by atoms with van der Waals surface area (Å²) in [5.74, 6) is -0.132. The molecule has 0 unspecified atom stereocenters. The summed E-state index contributed by atoms with van der Waals surface area (Å²) in [7, 11) is 0. The normalized spacial score (nSPS) is 14.6. The van der Waals surface area contributed by atoms with Crippen LogP contribution in [0.25, 0.3) is 0 Å². The van der Waals surface area contributed by atoms with Gasteiger partial charge in [-0.25, -0.2) is 4.79 Å². The van der Waals surface area contributed by atoms with E-state index in [1.54, 1.807) is 24.3 Å². The van der Waals surface area contributed by atoms with Gasteiger partial charge < -0.3 is 16.0 Å². The molecule has 0 aromatic heterocycles. The van der Waals surface area contributed by atoms with Crippen molar-refractivity contribution >= 4 is 34.9 Å². The van der Waals surface area contributed by atoms with Crippen LogP contribution in [0.1, 0.15) is 25.3 Å². The monoisotopic (exact) mass is 343 g/mol. The summed E-state index contributed by atoms with van der Waals surface area (Å²) in [4.78, 5) is 23.2. The lowest BCUT2D eigenvalue weighted by Gasteiger charge is -2.18. The maximum atomic E-state index is 12.3. The molecule has 24 heavy (non-hydrogen) atoms. The van der Waals surface area contributed by atoms with E-state index in [4.69, 9.17) is 11.6 Å². The number of benzene rings is 2. The Morgan fingerprint density at radius 3 is 1.96 bits per heavy atom. The van der Waals surface area contributed by atoms with Crippen molar-refractivity contribution in [2.45, 2.75) is 25.3 Å². The number of anilines is 2. The standard InChI is InChI=1S/C18H18ClN3O2/c1-12(23)20-15-6-8-16(9-7-15)21-17(24)22-18(10-11-18)13-2-4-14(19)5-3-13/h2-9H,10-11H2,1H3,(H,20,23)(H2,21,22,24). The Balaban J connectivity index is 1.61. The molecule has 1 fully saturated rings.